The van der Waals surface area contributed by atoms with E-state index in [4.69, 9.17) is 4.74 Å². The number of piperazine rings is 1. The van der Waals surface area contributed by atoms with Crippen LogP contribution in [0.15, 0.2) is 4.99 Å². The molecule has 0 aliphatic carbocycles. The second-order valence-electron chi connectivity index (χ2n) is 7.30. The van der Waals surface area contributed by atoms with Gasteiger partial charge >= 0.3 is 0 Å². The SMILES string of the molecule is CCOC(CCNC(=NC)NCCCCN1CCN(C)CC1)C(C)C.I. The van der Waals surface area contributed by atoms with Gasteiger partial charge in [-0.05, 0) is 45.7 Å². The summed E-state index contributed by atoms with van der Waals surface area (Å²) >= 11 is 0. The highest BCUT2D eigenvalue weighted by Gasteiger charge is 2.13. The lowest BCUT2D eigenvalue weighted by Crippen LogP contribution is -2.44. The molecule has 1 aliphatic heterocycles. The summed E-state index contributed by atoms with van der Waals surface area (Å²) in [5.41, 5.74) is 0. The van der Waals surface area contributed by atoms with Crippen molar-refractivity contribution in [3.05, 3.63) is 0 Å². The fourth-order valence-corrected chi connectivity index (χ4v) is 3.12. The summed E-state index contributed by atoms with van der Waals surface area (Å²) in [5, 5.41) is 6.82. The maximum Gasteiger partial charge on any atom is 0.190 e. The minimum atomic E-state index is 0. The van der Waals surface area contributed by atoms with Gasteiger partial charge in [0.15, 0.2) is 5.96 Å². The summed E-state index contributed by atoms with van der Waals surface area (Å²) in [6.07, 6.45) is 3.75. The summed E-state index contributed by atoms with van der Waals surface area (Å²) in [5.74, 6) is 1.45. The van der Waals surface area contributed by atoms with Gasteiger partial charge in [-0.3, -0.25) is 4.99 Å². The van der Waals surface area contributed by atoms with Gasteiger partial charge in [0.1, 0.15) is 0 Å². The first-order valence-corrected chi connectivity index (χ1v) is 10.0. The normalized spacial score (nSPS) is 17.8. The van der Waals surface area contributed by atoms with Gasteiger partial charge in [-0.25, -0.2) is 0 Å². The average molecular weight is 483 g/mol. The van der Waals surface area contributed by atoms with Crippen LogP contribution >= 0.6 is 24.0 Å². The van der Waals surface area contributed by atoms with Gasteiger partial charge in [0.25, 0.3) is 0 Å². The van der Waals surface area contributed by atoms with Crippen LogP contribution in [0.4, 0.5) is 0 Å². The topological polar surface area (TPSA) is 52.1 Å². The third-order valence-corrected chi connectivity index (χ3v) is 4.86. The molecule has 0 aromatic carbocycles. The molecule has 1 rings (SSSR count). The molecule has 0 aromatic rings. The zero-order chi connectivity index (χ0) is 18.5. The summed E-state index contributed by atoms with van der Waals surface area (Å²) < 4.78 is 5.79. The van der Waals surface area contributed by atoms with Crippen molar-refractivity contribution in [1.29, 1.82) is 0 Å². The molecule has 0 aromatic heterocycles. The van der Waals surface area contributed by atoms with Gasteiger partial charge in [0.2, 0.25) is 0 Å². The summed E-state index contributed by atoms with van der Waals surface area (Å²) in [6, 6.07) is 0. The molecule has 0 bridgehead atoms. The number of unbranched alkanes of at least 4 members (excludes halogenated alkanes) is 1. The first-order valence-electron chi connectivity index (χ1n) is 10.0. The van der Waals surface area contributed by atoms with Crippen LogP contribution < -0.4 is 10.6 Å². The molecule has 1 unspecified atom stereocenters. The van der Waals surface area contributed by atoms with Crippen molar-refractivity contribution in [2.75, 3.05) is 66.5 Å². The average Bonchev–Trinajstić information content (AvgIpc) is 2.60. The molecule has 156 valence electrons. The predicted molar refractivity (Wildman–Crippen MR) is 123 cm³/mol. The second kappa shape index (κ2) is 15.9. The first kappa shape index (κ1) is 25.9. The number of nitrogens with zero attached hydrogens (tertiary/aromatic N) is 3. The molecule has 1 fully saturated rings. The van der Waals surface area contributed by atoms with Crippen LogP contribution in [0.5, 0.6) is 0 Å². The molecular weight excluding hydrogens is 441 g/mol. The van der Waals surface area contributed by atoms with E-state index in [1.807, 2.05) is 7.05 Å². The molecule has 0 radical (unpaired) electrons. The van der Waals surface area contributed by atoms with Gasteiger partial charge < -0.3 is 25.2 Å². The standard InChI is InChI=1S/C19H41N5O.HI/c1-6-25-18(17(2)3)9-11-22-19(20-4)21-10-7-8-12-24-15-13-23(5)14-16-24;/h17-18H,6-16H2,1-5H3,(H2,20,21,22);1H. The number of ether oxygens (including phenoxy) is 1. The van der Waals surface area contributed by atoms with Crippen LogP contribution in [0, 0.1) is 5.92 Å². The molecule has 7 heteroatoms. The molecule has 0 spiro atoms. The largest absolute Gasteiger partial charge is 0.378 e. The molecule has 0 amide bonds. The van der Waals surface area contributed by atoms with Crippen LogP contribution in [0.25, 0.3) is 0 Å². The van der Waals surface area contributed by atoms with E-state index >= 15 is 0 Å². The Bertz CT molecular complexity index is 360. The fourth-order valence-electron chi connectivity index (χ4n) is 3.12. The van der Waals surface area contributed by atoms with Gasteiger partial charge in [-0.15, -0.1) is 24.0 Å². The van der Waals surface area contributed by atoms with Crippen LogP contribution in [-0.4, -0.2) is 88.4 Å². The Morgan fingerprint density at radius 2 is 1.73 bits per heavy atom. The molecule has 1 saturated heterocycles. The zero-order valence-corrected chi connectivity index (χ0v) is 19.9. The minimum absolute atomic E-state index is 0. The van der Waals surface area contributed by atoms with Crippen molar-refractivity contribution in [3.63, 3.8) is 0 Å². The highest BCUT2D eigenvalue weighted by atomic mass is 127. The Morgan fingerprint density at radius 1 is 1.08 bits per heavy atom. The third-order valence-electron chi connectivity index (χ3n) is 4.86. The minimum Gasteiger partial charge on any atom is -0.378 e. The lowest BCUT2D eigenvalue weighted by atomic mass is 10.0. The second-order valence-corrected chi connectivity index (χ2v) is 7.30. The molecule has 1 heterocycles. The van der Waals surface area contributed by atoms with Crippen LogP contribution in [-0.2, 0) is 4.74 Å². The molecule has 6 nitrogen and oxygen atoms in total. The van der Waals surface area contributed by atoms with E-state index in [1.165, 1.54) is 45.6 Å². The van der Waals surface area contributed by atoms with Crippen LogP contribution in [0.1, 0.15) is 40.0 Å². The van der Waals surface area contributed by atoms with Gasteiger partial charge in [0, 0.05) is 52.9 Å². The number of guanidine groups is 1. The Labute approximate surface area is 178 Å². The van der Waals surface area contributed by atoms with E-state index in [0.29, 0.717) is 12.0 Å². The third kappa shape index (κ3) is 11.6. The molecule has 0 saturated carbocycles. The van der Waals surface area contributed by atoms with Crippen LogP contribution in [0.3, 0.4) is 0 Å². The van der Waals surface area contributed by atoms with E-state index < -0.39 is 0 Å². The molecule has 26 heavy (non-hydrogen) atoms. The fraction of sp³-hybridized carbons (Fsp3) is 0.947. The quantitative estimate of drug-likeness (QED) is 0.204. The smallest absolute Gasteiger partial charge is 0.190 e. The van der Waals surface area contributed by atoms with Crippen molar-refractivity contribution in [2.24, 2.45) is 10.9 Å². The number of likely N-dealkylation sites (N-methyl/N-ethyl adjacent to an activating group) is 1. The highest BCUT2D eigenvalue weighted by Crippen LogP contribution is 2.09. The number of nitrogens with one attached hydrogen (secondary N) is 2. The van der Waals surface area contributed by atoms with Crippen molar-refractivity contribution in [1.82, 2.24) is 20.4 Å². The molecule has 1 atom stereocenters. The van der Waals surface area contributed by atoms with E-state index in [-0.39, 0.29) is 24.0 Å². The maximum atomic E-state index is 5.79. The number of aliphatic imine (C=N–C) groups is 1. The van der Waals surface area contributed by atoms with E-state index in [2.05, 4.69) is 53.2 Å². The van der Waals surface area contributed by atoms with E-state index in [1.54, 1.807) is 0 Å². The molecule has 2 N–H and O–H groups in total. The van der Waals surface area contributed by atoms with Crippen molar-refractivity contribution >= 4 is 29.9 Å². The molecule has 1 aliphatic rings. The Morgan fingerprint density at radius 3 is 2.31 bits per heavy atom. The van der Waals surface area contributed by atoms with E-state index in [0.717, 1.165) is 32.1 Å². The first-order chi connectivity index (χ1) is 12.1. The maximum absolute atomic E-state index is 5.79. The number of rotatable bonds is 11. The van der Waals surface area contributed by atoms with E-state index in [9.17, 15) is 0 Å². The Kier molecular flexibility index (Phi) is 15.8. The summed E-state index contributed by atoms with van der Waals surface area (Å²) in [7, 11) is 4.04. The lowest BCUT2D eigenvalue weighted by molar-refractivity contribution is 0.0258. The van der Waals surface area contributed by atoms with Crippen molar-refractivity contribution < 1.29 is 4.74 Å². The lowest BCUT2D eigenvalue weighted by Gasteiger charge is -2.32. The van der Waals surface area contributed by atoms with Gasteiger partial charge in [-0.2, -0.15) is 0 Å². The molecular formula is C19H42IN5O. The van der Waals surface area contributed by atoms with Crippen LogP contribution in [0.2, 0.25) is 0 Å². The zero-order valence-electron chi connectivity index (χ0n) is 17.6. The Balaban J connectivity index is 0.00000625. The van der Waals surface area contributed by atoms with Gasteiger partial charge in [0.05, 0.1) is 6.10 Å². The highest BCUT2D eigenvalue weighted by molar-refractivity contribution is 14.0. The summed E-state index contributed by atoms with van der Waals surface area (Å²) in [6.45, 7) is 15.2. The van der Waals surface area contributed by atoms with Gasteiger partial charge in [-0.1, -0.05) is 13.8 Å². The predicted octanol–water partition coefficient (Wildman–Crippen LogP) is 2.25. The van der Waals surface area contributed by atoms with Crippen molar-refractivity contribution in [2.45, 2.75) is 46.1 Å². The number of hydrogen-bond donors (Lipinski definition) is 2. The Hall–Kier alpha value is -0.120. The monoisotopic (exact) mass is 483 g/mol. The van der Waals surface area contributed by atoms with Crippen molar-refractivity contribution in [3.8, 4) is 0 Å². The number of hydrogen-bond acceptors (Lipinski definition) is 4. The number of halogens is 1. The summed E-state index contributed by atoms with van der Waals surface area (Å²) in [4.78, 5) is 9.29.